The van der Waals surface area contributed by atoms with Crippen LogP contribution >= 0.6 is 11.3 Å². The number of thiazole rings is 1. The van der Waals surface area contributed by atoms with E-state index in [0.29, 0.717) is 48.6 Å². The zero-order valence-corrected chi connectivity index (χ0v) is 37.0. The maximum absolute atomic E-state index is 14.9. The van der Waals surface area contributed by atoms with E-state index in [-0.39, 0.29) is 42.9 Å². The predicted octanol–water partition coefficient (Wildman–Crippen LogP) is 7.57. The molecule has 13 nitrogen and oxygen atoms in total. The van der Waals surface area contributed by atoms with Crippen molar-refractivity contribution in [2.45, 2.75) is 109 Å². The van der Waals surface area contributed by atoms with Crippen molar-refractivity contribution in [1.82, 2.24) is 23.9 Å². The van der Waals surface area contributed by atoms with Crippen molar-refractivity contribution in [2.24, 2.45) is 11.3 Å². The summed E-state index contributed by atoms with van der Waals surface area (Å²) >= 11 is 1.51. The molecule has 2 aromatic carbocycles. The molecule has 0 unspecified atom stereocenters. The van der Waals surface area contributed by atoms with E-state index >= 15 is 0 Å². The Morgan fingerprint density at radius 2 is 1.79 bits per heavy atom. The van der Waals surface area contributed by atoms with E-state index in [1.165, 1.54) is 15.6 Å². The highest BCUT2D eigenvalue weighted by Crippen LogP contribution is 2.57. The van der Waals surface area contributed by atoms with Gasteiger partial charge in [0.1, 0.15) is 34.3 Å². The van der Waals surface area contributed by atoms with Gasteiger partial charge in [0.05, 0.1) is 36.3 Å². The molecule has 0 spiro atoms. The number of para-hydroxylation sites is 1. The van der Waals surface area contributed by atoms with E-state index < -0.39 is 39.7 Å². The Morgan fingerprint density at radius 3 is 2.52 bits per heavy atom. The van der Waals surface area contributed by atoms with Crippen molar-refractivity contribution < 1.29 is 32.3 Å². The van der Waals surface area contributed by atoms with E-state index in [4.69, 9.17) is 19.4 Å². The van der Waals surface area contributed by atoms with Crippen molar-refractivity contribution >= 4 is 55.7 Å². The Bertz CT molecular complexity index is 2410. The topological polar surface area (TPSA) is 160 Å². The van der Waals surface area contributed by atoms with Crippen LogP contribution in [0.1, 0.15) is 95.2 Å². The number of pyridine rings is 1. The van der Waals surface area contributed by atoms with Crippen LogP contribution in [-0.2, 0) is 24.6 Å². The van der Waals surface area contributed by atoms with Crippen LogP contribution in [0.2, 0.25) is 0 Å². The predicted molar refractivity (Wildman–Crippen MR) is 237 cm³/mol. The van der Waals surface area contributed by atoms with Crippen LogP contribution in [0.3, 0.4) is 0 Å². The Hall–Kier alpha value is -4.86. The number of methoxy groups -OCH3 is 1. The maximum Gasteiger partial charge on any atom is 0.303 e. The number of fused-ring (bicyclic) bond motifs is 3. The van der Waals surface area contributed by atoms with Crippen LogP contribution in [-0.4, -0.2) is 90.1 Å². The summed E-state index contributed by atoms with van der Waals surface area (Å²) in [6.07, 6.45) is 9.16. The molecule has 0 radical (unpaired) electrons. The number of amides is 2. The van der Waals surface area contributed by atoms with Crippen molar-refractivity contribution in [2.75, 3.05) is 32.1 Å². The quantitative estimate of drug-likeness (QED) is 0.152. The fraction of sp³-hybridized carbons (Fsp3) is 0.500. The highest BCUT2D eigenvalue weighted by molar-refractivity contribution is 7.87. The molecule has 4 aliphatic rings. The lowest BCUT2D eigenvalue weighted by atomic mass is 9.91. The summed E-state index contributed by atoms with van der Waals surface area (Å²) in [5.41, 5.74) is 2.71. The van der Waals surface area contributed by atoms with Gasteiger partial charge in [0.15, 0.2) is 5.78 Å². The Kier molecular flexibility index (Phi) is 12.5. The van der Waals surface area contributed by atoms with Gasteiger partial charge in [0.25, 0.3) is 0 Å². The molecule has 5 atom stereocenters. The number of Topliss-reactive ketones (excluding diaryl/α,β-unsaturated/α-hetero) is 1. The zero-order valence-electron chi connectivity index (χ0n) is 35.4. The average molecular weight is 869 g/mol. The highest BCUT2D eigenvalue weighted by atomic mass is 32.2. The van der Waals surface area contributed by atoms with Crippen LogP contribution < -0.4 is 19.5 Å². The molecule has 2 amide bonds. The summed E-state index contributed by atoms with van der Waals surface area (Å²) in [4.78, 5) is 55.5. The largest absolute Gasteiger partial charge is 0.496 e. The van der Waals surface area contributed by atoms with Gasteiger partial charge < -0.3 is 19.7 Å². The number of benzene rings is 2. The number of anilines is 1. The summed E-state index contributed by atoms with van der Waals surface area (Å²) < 4.78 is 42.9. The van der Waals surface area contributed by atoms with E-state index in [1.54, 1.807) is 12.0 Å². The highest BCUT2D eigenvalue weighted by Gasteiger charge is 2.61. The number of rotatable bonds is 10. The minimum atomic E-state index is -4.07. The minimum Gasteiger partial charge on any atom is -0.496 e. The van der Waals surface area contributed by atoms with Gasteiger partial charge in [-0.25, -0.2) is 14.7 Å². The van der Waals surface area contributed by atoms with Gasteiger partial charge in [-0.3, -0.25) is 14.4 Å². The average Bonchev–Trinajstić information content (AvgIpc) is 3.75. The standard InChI is InChI=1S/C46H56N6O7S2/c1-29(2)37-28-60-43(49-37)36-24-41(34-19-20-40(58-4)30(3)42(34)48-36)59-33-23-38-39(53)26-46(45(55)50-61(56,57)51-21-13-14-22-51)25-31(46)15-9-6-5-7-12-18-35(44(54)52(38)27-33)47-32-16-10-8-11-17-32/h8-11,15-17,19-20,24,28-29,31,33,35,38,47H,5-7,12-14,18,21-23,25-27H2,1-4H3,(H,50,55)/b15-9-/t31-,33+,35-,38-,46+/m0/s1. The molecule has 8 rings (SSSR count). The number of nitrogens with zero attached hydrogens (tertiary/aromatic N) is 4. The Morgan fingerprint density at radius 1 is 1.00 bits per heavy atom. The number of carbonyl (C=O) groups is 3. The lowest BCUT2D eigenvalue weighted by Crippen LogP contribution is -2.50. The van der Waals surface area contributed by atoms with Crippen molar-refractivity contribution in [1.29, 1.82) is 0 Å². The molecule has 4 aromatic rings. The van der Waals surface area contributed by atoms with Gasteiger partial charge in [-0.05, 0) is 81.5 Å². The van der Waals surface area contributed by atoms with Gasteiger partial charge in [0.2, 0.25) is 11.8 Å². The Labute approximate surface area is 362 Å². The molecular weight excluding hydrogens is 813 g/mol. The first kappa shape index (κ1) is 42.8. The van der Waals surface area contributed by atoms with Crippen molar-refractivity contribution in [3.8, 4) is 22.2 Å². The number of aromatic nitrogens is 2. The van der Waals surface area contributed by atoms with Gasteiger partial charge in [-0.2, -0.15) is 12.7 Å². The second kappa shape index (κ2) is 17.9. The van der Waals surface area contributed by atoms with Gasteiger partial charge in [0, 0.05) is 54.0 Å². The number of nitrogens with one attached hydrogen (secondary N) is 2. The zero-order chi connectivity index (χ0) is 42.9. The monoisotopic (exact) mass is 868 g/mol. The van der Waals surface area contributed by atoms with Gasteiger partial charge in [-0.1, -0.05) is 57.0 Å². The molecule has 324 valence electrons. The van der Waals surface area contributed by atoms with Gasteiger partial charge >= 0.3 is 10.2 Å². The normalized spacial score (nSPS) is 25.7. The first-order valence-corrected chi connectivity index (χ1v) is 23.9. The van der Waals surface area contributed by atoms with Crippen LogP contribution in [0.25, 0.3) is 21.6 Å². The fourth-order valence-corrected chi connectivity index (χ4v) is 11.3. The van der Waals surface area contributed by atoms with Crippen LogP contribution in [0.15, 0.2) is 66.1 Å². The van der Waals surface area contributed by atoms with Crippen LogP contribution in [0.5, 0.6) is 11.5 Å². The second-order valence-electron chi connectivity index (χ2n) is 17.3. The van der Waals surface area contributed by atoms with E-state index in [9.17, 15) is 22.8 Å². The number of carbonyl (C=O) groups excluding carboxylic acids is 3. The molecule has 5 heterocycles. The third-order valence-corrected chi connectivity index (χ3v) is 15.1. The van der Waals surface area contributed by atoms with Crippen LogP contribution in [0.4, 0.5) is 5.69 Å². The molecule has 61 heavy (non-hydrogen) atoms. The molecule has 1 saturated carbocycles. The summed E-state index contributed by atoms with van der Waals surface area (Å²) in [7, 11) is -2.45. The molecule has 2 aromatic heterocycles. The van der Waals surface area contributed by atoms with E-state index in [0.717, 1.165) is 65.9 Å². The number of aryl methyl sites for hydroxylation is 1. The second-order valence-corrected chi connectivity index (χ2v) is 19.8. The molecule has 2 saturated heterocycles. The number of ether oxygens (including phenoxy) is 2. The lowest BCUT2D eigenvalue weighted by molar-refractivity contribution is -0.139. The molecule has 3 aliphatic heterocycles. The molecule has 0 bridgehead atoms. The third-order valence-electron chi connectivity index (χ3n) is 12.8. The van der Waals surface area contributed by atoms with Gasteiger partial charge in [-0.15, -0.1) is 11.3 Å². The molecule has 3 fully saturated rings. The minimum absolute atomic E-state index is 0.136. The fourth-order valence-electron chi connectivity index (χ4n) is 9.10. The SMILES string of the molecule is COc1ccc2c(O[C@@H]3C[C@H]4C(=O)C[C@]5(C(=O)NS(=O)(=O)N6CCCC6)C[C@@H]5/C=C\CCCCC[C@H](Nc5ccccc5)C(=O)N4C3)cc(-c3nc(C(C)C)cs3)nc2c1C. The molecule has 2 N–H and O–H groups in total. The molecule has 15 heteroatoms. The summed E-state index contributed by atoms with van der Waals surface area (Å²) in [5.74, 6) is 0.00580. The third kappa shape index (κ3) is 9.05. The lowest BCUT2D eigenvalue weighted by Gasteiger charge is -2.30. The van der Waals surface area contributed by atoms with Crippen molar-refractivity contribution in [3.05, 3.63) is 77.3 Å². The smallest absolute Gasteiger partial charge is 0.303 e. The molecule has 1 aliphatic carbocycles. The first-order valence-electron chi connectivity index (χ1n) is 21.6. The van der Waals surface area contributed by atoms with Crippen molar-refractivity contribution in [3.63, 3.8) is 0 Å². The summed E-state index contributed by atoms with van der Waals surface area (Å²) in [5, 5.41) is 7.02. The number of hydrogen-bond acceptors (Lipinski definition) is 11. The Balaban J connectivity index is 1.14. The maximum atomic E-state index is 14.9. The van der Waals surface area contributed by atoms with E-state index in [1.807, 2.05) is 66.9 Å². The number of allylic oxidation sites excluding steroid dienone is 2. The summed E-state index contributed by atoms with van der Waals surface area (Å²) in [6.45, 7) is 6.98. The van der Waals surface area contributed by atoms with E-state index in [2.05, 4.69) is 30.0 Å². The number of hydrogen-bond donors (Lipinski definition) is 2. The van der Waals surface area contributed by atoms with Crippen LogP contribution in [0, 0.1) is 18.3 Å². The number of ketones is 1. The first-order chi connectivity index (χ1) is 29.4. The molecular formula is C46H56N6O7S2. The summed E-state index contributed by atoms with van der Waals surface area (Å²) in [6, 6.07) is 13.8.